The Morgan fingerprint density at radius 1 is 1.43 bits per heavy atom. The fraction of sp³-hybridized carbons (Fsp3) is 0.364. The van der Waals surface area contributed by atoms with Crippen molar-refractivity contribution in [2.45, 2.75) is 26.9 Å². The molecule has 1 unspecified atom stereocenters. The molecule has 0 saturated heterocycles. The fourth-order valence-electron chi connectivity index (χ4n) is 1.18. The van der Waals surface area contributed by atoms with E-state index in [9.17, 15) is 0 Å². The van der Waals surface area contributed by atoms with Gasteiger partial charge >= 0.3 is 0 Å². The molecule has 1 aromatic rings. The minimum Gasteiger partial charge on any atom is -0.483 e. The largest absolute Gasteiger partial charge is 0.483 e. The van der Waals surface area contributed by atoms with Crippen molar-refractivity contribution in [3.63, 3.8) is 0 Å². The molecule has 0 spiro atoms. The zero-order chi connectivity index (χ0) is 10.7. The summed E-state index contributed by atoms with van der Waals surface area (Å²) in [6, 6.07) is 6.02. The number of hydrogen-bond acceptors (Lipinski definition) is 2. The summed E-state index contributed by atoms with van der Waals surface area (Å²) in [5.41, 5.74) is 7.80. The fourth-order valence-corrected chi connectivity index (χ4v) is 1.23. The van der Waals surface area contributed by atoms with E-state index in [0.29, 0.717) is 4.99 Å². The molecule has 0 aliphatic heterocycles. The number of nitrogens with two attached hydrogens (primary N) is 1. The van der Waals surface area contributed by atoms with Crippen molar-refractivity contribution in [1.29, 1.82) is 0 Å². The van der Waals surface area contributed by atoms with Gasteiger partial charge in [0.25, 0.3) is 0 Å². The molecule has 0 heterocycles. The number of ether oxygens (including phenoxy) is 1. The van der Waals surface area contributed by atoms with E-state index < -0.39 is 0 Å². The average Bonchev–Trinajstić information content (AvgIpc) is 2.09. The number of thiocarbonyl (C=S) groups is 1. The lowest BCUT2D eigenvalue weighted by atomic mass is 10.1. The van der Waals surface area contributed by atoms with Crippen LogP contribution >= 0.6 is 12.2 Å². The van der Waals surface area contributed by atoms with Gasteiger partial charge < -0.3 is 10.5 Å². The summed E-state index contributed by atoms with van der Waals surface area (Å²) in [5, 5.41) is 0. The van der Waals surface area contributed by atoms with E-state index in [4.69, 9.17) is 22.7 Å². The normalized spacial score (nSPS) is 12.2. The molecule has 0 aromatic heterocycles. The van der Waals surface area contributed by atoms with Gasteiger partial charge in [-0.05, 0) is 32.4 Å². The zero-order valence-electron chi connectivity index (χ0n) is 8.70. The van der Waals surface area contributed by atoms with Crippen LogP contribution in [0.25, 0.3) is 0 Å². The Balaban J connectivity index is 2.82. The highest BCUT2D eigenvalue weighted by Crippen LogP contribution is 2.19. The molecule has 0 aliphatic carbocycles. The minimum atomic E-state index is -0.216. The van der Waals surface area contributed by atoms with E-state index in [-0.39, 0.29) is 6.10 Å². The Kier molecular flexibility index (Phi) is 3.47. The van der Waals surface area contributed by atoms with Crippen LogP contribution < -0.4 is 10.5 Å². The predicted molar refractivity (Wildman–Crippen MR) is 62.8 cm³/mol. The SMILES string of the molecule is Cc1ccc(OC(C)C(N)=S)c(C)c1. The van der Waals surface area contributed by atoms with Crippen molar-refractivity contribution in [2.75, 3.05) is 0 Å². The average molecular weight is 209 g/mol. The van der Waals surface area contributed by atoms with Gasteiger partial charge in [-0.25, -0.2) is 0 Å². The van der Waals surface area contributed by atoms with Crippen molar-refractivity contribution in [3.05, 3.63) is 29.3 Å². The summed E-state index contributed by atoms with van der Waals surface area (Å²) in [6.07, 6.45) is -0.216. The highest BCUT2D eigenvalue weighted by Gasteiger charge is 2.08. The lowest BCUT2D eigenvalue weighted by molar-refractivity contribution is 0.286. The maximum absolute atomic E-state index is 5.60. The standard InChI is InChI=1S/C11H15NOS/c1-7-4-5-10(8(2)6-7)13-9(3)11(12)14/h4-6,9H,1-3H3,(H2,12,14). The predicted octanol–water partition coefficient (Wildman–Crippen LogP) is 2.36. The molecule has 2 N–H and O–H groups in total. The zero-order valence-corrected chi connectivity index (χ0v) is 9.52. The molecule has 2 nitrogen and oxygen atoms in total. The molecule has 1 atom stereocenters. The van der Waals surface area contributed by atoms with Crippen molar-refractivity contribution in [1.82, 2.24) is 0 Å². The summed E-state index contributed by atoms with van der Waals surface area (Å²) >= 11 is 4.84. The van der Waals surface area contributed by atoms with Crippen LogP contribution in [0.3, 0.4) is 0 Å². The van der Waals surface area contributed by atoms with E-state index in [0.717, 1.165) is 11.3 Å². The van der Waals surface area contributed by atoms with Gasteiger partial charge in [0.2, 0.25) is 0 Å². The molecule has 0 aliphatic rings. The topological polar surface area (TPSA) is 35.2 Å². The van der Waals surface area contributed by atoms with Crippen LogP contribution in [0, 0.1) is 13.8 Å². The van der Waals surface area contributed by atoms with Crippen molar-refractivity contribution in [2.24, 2.45) is 5.73 Å². The van der Waals surface area contributed by atoms with Crippen LogP contribution in [0.15, 0.2) is 18.2 Å². The van der Waals surface area contributed by atoms with E-state index >= 15 is 0 Å². The smallest absolute Gasteiger partial charge is 0.145 e. The molecular weight excluding hydrogens is 194 g/mol. The lowest BCUT2D eigenvalue weighted by Crippen LogP contribution is -2.29. The molecule has 1 aromatic carbocycles. The van der Waals surface area contributed by atoms with Gasteiger partial charge in [0.1, 0.15) is 16.8 Å². The highest BCUT2D eigenvalue weighted by molar-refractivity contribution is 7.80. The Morgan fingerprint density at radius 3 is 2.57 bits per heavy atom. The van der Waals surface area contributed by atoms with E-state index in [1.807, 2.05) is 32.9 Å². The molecule has 1 rings (SSSR count). The highest BCUT2D eigenvalue weighted by atomic mass is 32.1. The molecule has 3 heteroatoms. The first kappa shape index (κ1) is 11.0. The third kappa shape index (κ3) is 2.70. The summed E-state index contributed by atoms with van der Waals surface area (Å²) < 4.78 is 5.60. The maximum atomic E-state index is 5.60. The second-order valence-electron chi connectivity index (χ2n) is 3.43. The molecule has 14 heavy (non-hydrogen) atoms. The first-order valence-electron chi connectivity index (χ1n) is 4.54. The molecule has 0 saturated carbocycles. The molecule has 0 bridgehead atoms. The summed E-state index contributed by atoms with van der Waals surface area (Å²) in [7, 11) is 0. The van der Waals surface area contributed by atoms with Crippen molar-refractivity contribution < 1.29 is 4.74 Å². The quantitative estimate of drug-likeness (QED) is 0.776. The van der Waals surface area contributed by atoms with Gasteiger partial charge in [-0.15, -0.1) is 0 Å². The number of benzene rings is 1. The summed E-state index contributed by atoms with van der Waals surface area (Å²) in [4.78, 5) is 0.380. The summed E-state index contributed by atoms with van der Waals surface area (Å²) in [5.74, 6) is 0.843. The lowest BCUT2D eigenvalue weighted by Gasteiger charge is -2.15. The van der Waals surface area contributed by atoms with Gasteiger partial charge in [-0.1, -0.05) is 29.9 Å². The molecular formula is C11H15NOS. The summed E-state index contributed by atoms with van der Waals surface area (Å²) in [6.45, 7) is 5.91. The molecule has 76 valence electrons. The van der Waals surface area contributed by atoms with E-state index in [1.54, 1.807) is 0 Å². The number of hydrogen-bond donors (Lipinski definition) is 1. The molecule has 0 amide bonds. The number of rotatable bonds is 3. The van der Waals surface area contributed by atoms with Crippen LogP contribution in [0.2, 0.25) is 0 Å². The van der Waals surface area contributed by atoms with E-state index in [2.05, 4.69) is 6.07 Å². The Hall–Kier alpha value is -1.09. The van der Waals surface area contributed by atoms with Crippen LogP contribution in [0.1, 0.15) is 18.1 Å². The second kappa shape index (κ2) is 4.42. The van der Waals surface area contributed by atoms with Gasteiger partial charge in [-0.2, -0.15) is 0 Å². The monoisotopic (exact) mass is 209 g/mol. The Labute approximate surface area is 90.1 Å². The molecule has 0 radical (unpaired) electrons. The van der Waals surface area contributed by atoms with Crippen LogP contribution in [0.5, 0.6) is 5.75 Å². The van der Waals surface area contributed by atoms with Crippen LogP contribution in [-0.4, -0.2) is 11.1 Å². The van der Waals surface area contributed by atoms with Crippen molar-refractivity contribution in [3.8, 4) is 5.75 Å². The third-order valence-electron chi connectivity index (χ3n) is 2.03. The molecule has 0 fully saturated rings. The van der Waals surface area contributed by atoms with Gasteiger partial charge in [-0.3, -0.25) is 0 Å². The van der Waals surface area contributed by atoms with Gasteiger partial charge in [0.05, 0.1) is 0 Å². The maximum Gasteiger partial charge on any atom is 0.145 e. The van der Waals surface area contributed by atoms with E-state index in [1.165, 1.54) is 5.56 Å². The number of aryl methyl sites for hydroxylation is 2. The van der Waals surface area contributed by atoms with Gasteiger partial charge in [0.15, 0.2) is 0 Å². The van der Waals surface area contributed by atoms with Crippen molar-refractivity contribution >= 4 is 17.2 Å². The van der Waals surface area contributed by atoms with Crippen LogP contribution in [-0.2, 0) is 0 Å². The Morgan fingerprint density at radius 2 is 2.07 bits per heavy atom. The third-order valence-corrected chi connectivity index (χ3v) is 2.37. The first-order chi connectivity index (χ1) is 6.50. The van der Waals surface area contributed by atoms with Crippen LogP contribution in [0.4, 0.5) is 0 Å². The minimum absolute atomic E-state index is 0.216. The first-order valence-corrected chi connectivity index (χ1v) is 4.94. The van der Waals surface area contributed by atoms with Gasteiger partial charge in [0, 0.05) is 0 Å². The second-order valence-corrected chi connectivity index (χ2v) is 3.90. The Bertz CT molecular complexity index is 349.